The van der Waals surface area contributed by atoms with Gasteiger partial charge in [-0.05, 0) is 32.6 Å². The van der Waals surface area contributed by atoms with Crippen molar-refractivity contribution < 1.29 is 0 Å². The van der Waals surface area contributed by atoms with Crippen LogP contribution < -0.4 is 0 Å². The van der Waals surface area contributed by atoms with Crippen LogP contribution >= 0.6 is 11.6 Å². The molecule has 0 saturated carbocycles. The van der Waals surface area contributed by atoms with Crippen molar-refractivity contribution in [3.8, 4) is 0 Å². The predicted octanol–water partition coefficient (Wildman–Crippen LogP) is 3.67. The van der Waals surface area contributed by atoms with E-state index in [4.69, 9.17) is 11.6 Å². The van der Waals surface area contributed by atoms with E-state index in [1.54, 1.807) is 5.57 Å². The molecule has 1 aliphatic carbocycles. The second-order valence-corrected chi connectivity index (χ2v) is 3.56. The van der Waals surface area contributed by atoms with Crippen LogP contribution in [0.25, 0.3) is 0 Å². The number of hydrogen-bond acceptors (Lipinski definition) is 0. The van der Waals surface area contributed by atoms with Crippen LogP contribution in [0.4, 0.5) is 0 Å². The third-order valence-corrected chi connectivity index (χ3v) is 2.29. The monoisotopic (exact) mass is 170 g/mol. The minimum atomic E-state index is 0.212. The highest BCUT2D eigenvalue weighted by molar-refractivity contribution is 6.21. The van der Waals surface area contributed by atoms with E-state index >= 15 is 0 Å². The molecule has 0 bridgehead atoms. The van der Waals surface area contributed by atoms with Gasteiger partial charge in [0.1, 0.15) is 0 Å². The average molecular weight is 171 g/mol. The molecule has 1 aliphatic rings. The number of rotatable bonds is 3. The summed E-state index contributed by atoms with van der Waals surface area (Å²) in [5.41, 5.74) is 1.54. The predicted molar refractivity (Wildman–Crippen MR) is 51.0 cm³/mol. The molecule has 0 radical (unpaired) electrons. The summed E-state index contributed by atoms with van der Waals surface area (Å²) in [6.45, 7) is 2.01. The summed E-state index contributed by atoms with van der Waals surface area (Å²) >= 11 is 6.03. The number of hydrogen-bond donors (Lipinski definition) is 0. The Morgan fingerprint density at radius 1 is 1.73 bits per heavy atom. The molecule has 0 nitrogen and oxygen atoms in total. The van der Waals surface area contributed by atoms with Crippen molar-refractivity contribution in [3.63, 3.8) is 0 Å². The first-order chi connectivity index (χ1) is 5.33. The summed E-state index contributed by atoms with van der Waals surface area (Å²) in [7, 11) is 0. The summed E-state index contributed by atoms with van der Waals surface area (Å²) < 4.78 is 0. The smallest absolute Gasteiger partial charge is 0.0553 e. The third-order valence-electron chi connectivity index (χ3n) is 1.99. The van der Waals surface area contributed by atoms with Gasteiger partial charge in [0.25, 0.3) is 0 Å². The molecule has 0 aromatic rings. The van der Waals surface area contributed by atoms with Crippen LogP contribution in [0.3, 0.4) is 0 Å². The van der Waals surface area contributed by atoms with E-state index in [2.05, 4.69) is 12.2 Å². The van der Waals surface area contributed by atoms with Gasteiger partial charge in [-0.25, -0.2) is 0 Å². The van der Waals surface area contributed by atoms with Crippen LogP contribution in [-0.4, -0.2) is 5.38 Å². The molecular formula is C10H15Cl. The van der Waals surface area contributed by atoms with E-state index in [-0.39, 0.29) is 5.38 Å². The van der Waals surface area contributed by atoms with Gasteiger partial charge in [0.05, 0.1) is 5.38 Å². The van der Waals surface area contributed by atoms with Gasteiger partial charge >= 0.3 is 0 Å². The lowest BCUT2D eigenvalue weighted by Gasteiger charge is -2.03. The van der Waals surface area contributed by atoms with Crippen LogP contribution in [0.1, 0.15) is 32.6 Å². The summed E-state index contributed by atoms with van der Waals surface area (Å²) in [5, 5.41) is 0.212. The standard InChI is InChI=1S/C10H15Cl/c1-2-5-10(11)8-9-6-3-4-7-9/h2,5-6,10H,3-4,7-8H2,1H3/b5-2+. The molecule has 0 spiro atoms. The van der Waals surface area contributed by atoms with E-state index < -0.39 is 0 Å². The molecule has 1 atom stereocenters. The minimum absolute atomic E-state index is 0.212. The molecule has 0 N–H and O–H groups in total. The van der Waals surface area contributed by atoms with Crippen molar-refractivity contribution >= 4 is 11.6 Å². The van der Waals surface area contributed by atoms with Gasteiger partial charge in [-0.1, -0.05) is 23.8 Å². The number of allylic oxidation sites excluding steroid dienone is 4. The summed E-state index contributed by atoms with van der Waals surface area (Å²) in [6.07, 6.45) is 11.3. The van der Waals surface area contributed by atoms with Gasteiger partial charge in [0.2, 0.25) is 0 Å². The van der Waals surface area contributed by atoms with Gasteiger partial charge in [0, 0.05) is 0 Å². The van der Waals surface area contributed by atoms with Crippen molar-refractivity contribution in [2.75, 3.05) is 0 Å². The Bertz CT molecular complexity index is 168. The second-order valence-electron chi connectivity index (χ2n) is 3.00. The minimum Gasteiger partial charge on any atom is -0.118 e. The summed E-state index contributed by atoms with van der Waals surface area (Å²) in [5.74, 6) is 0. The molecule has 62 valence electrons. The molecule has 0 saturated heterocycles. The van der Waals surface area contributed by atoms with Gasteiger partial charge in [-0.2, -0.15) is 0 Å². The first kappa shape index (κ1) is 8.86. The van der Waals surface area contributed by atoms with Crippen LogP contribution in [0.5, 0.6) is 0 Å². The number of alkyl halides is 1. The van der Waals surface area contributed by atoms with Crippen molar-refractivity contribution in [2.45, 2.75) is 38.0 Å². The second kappa shape index (κ2) is 4.61. The Kier molecular flexibility index (Phi) is 3.71. The highest BCUT2D eigenvalue weighted by Gasteiger charge is 2.07. The molecular weight excluding hydrogens is 156 g/mol. The van der Waals surface area contributed by atoms with E-state index in [1.807, 2.05) is 13.0 Å². The van der Waals surface area contributed by atoms with Crippen LogP contribution in [0.2, 0.25) is 0 Å². The Hall–Kier alpha value is -0.230. The van der Waals surface area contributed by atoms with Crippen molar-refractivity contribution in [1.82, 2.24) is 0 Å². The molecule has 1 unspecified atom stereocenters. The Labute approximate surface area is 73.9 Å². The first-order valence-electron chi connectivity index (χ1n) is 4.27. The Morgan fingerprint density at radius 3 is 3.09 bits per heavy atom. The molecule has 0 aromatic carbocycles. The van der Waals surface area contributed by atoms with Crippen LogP contribution in [0.15, 0.2) is 23.8 Å². The molecule has 1 rings (SSSR count). The lowest BCUT2D eigenvalue weighted by Crippen LogP contribution is -1.94. The van der Waals surface area contributed by atoms with Crippen molar-refractivity contribution in [2.24, 2.45) is 0 Å². The van der Waals surface area contributed by atoms with Gasteiger partial charge in [-0.3, -0.25) is 0 Å². The lowest BCUT2D eigenvalue weighted by molar-refractivity contribution is 0.858. The maximum Gasteiger partial charge on any atom is 0.0553 e. The maximum absolute atomic E-state index is 6.03. The zero-order valence-electron chi connectivity index (χ0n) is 7.02. The van der Waals surface area contributed by atoms with Crippen LogP contribution in [-0.2, 0) is 0 Å². The van der Waals surface area contributed by atoms with Crippen LogP contribution in [0, 0.1) is 0 Å². The fourth-order valence-electron chi connectivity index (χ4n) is 1.45. The van der Waals surface area contributed by atoms with Gasteiger partial charge < -0.3 is 0 Å². The van der Waals surface area contributed by atoms with Crippen molar-refractivity contribution in [3.05, 3.63) is 23.8 Å². The third kappa shape index (κ3) is 3.11. The van der Waals surface area contributed by atoms with E-state index in [9.17, 15) is 0 Å². The molecule has 0 aromatic heterocycles. The maximum atomic E-state index is 6.03. The highest BCUT2D eigenvalue weighted by Crippen LogP contribution is 2.23. The first-order valence-corrected chi connectivity index (χ1v) is 4.71. The fraction of sp³-hybridized carbons (Fsp3) is 0.600. The normalized spacial score (nSPS) is 20.7. The topological polar surface area (TPSA) is 0 Å². The van der Waals surface area contributed by atoms with Gasteiger partial charge in [0.15, 0.2) is 0 Å². The van der Waals surface area contributed by atoms with E-state index in [1.165, 1.54) is 19.3 Å². The fourth-order valence-corrected chi connectivity index (χ4v) is 1.79. The summed E-state index contributed by atoms with van der Waals surface area (Å²) in [6, 6.07) is 0. The molecule has 0 fully saturated rings. The van der Waals surface area contributed by atoms with E-state index in [0.717, 1.165) is 6.42 Å². The summed E-state index contributed by atoms with van der Waals surface area (Å²) in [4.78, 5) is 0. The molecule has 11 heavy (non-hydrogen) atoms. The molecule has 1 heteroatoms. The quantitative estimate of drug-likeness (QED) is 0.448. The Balaban J connectivity index is 2.29. The molecule has 0 aliphatic heterocycles. The molecule has 0 amide bonds. The largest absolute Gasteiger partial charge is 0.118 e. The Morgan fingerprint density at radius 2 is 2.55 bits per heavy atom. The highest BCUT2D eigenvalue weighted by atomic mass is 35.5. The zero-order chi connectivity index (χ0) is 8.10. The van der Waals surface area contributed by atoms with Crippen molar-refractivity contribution in [1.29, 1.82) is 0 Å². The van der Waals surface area contributed by atoms with Gasteiger partial charge in [-0.15, -0.1) is 11.6 Å². The zero-order valence-corrected chi connectivity index (χ0v) is 7.77. The molecule has 0 heterocycles. The average Bonchev–Trinajstić information content (AvgIpc) is 2.40. The SMILES string of the molecule is C/C=C/C(Cl)CC1=CCCC1. The number of halogens is 1. The lowest BCUT2D eigenvalue weighted by atomic mass is 10.1. The van der Waals surface area contributed by atoms with E-state index in [0.29, 0.717) is 0 Å².